The van der Waals surface area contributed by atoms with Gasteiger partial charge in [0, 0.05) is 5.56 Å². The molecule has 0 saturated heterocycles. The van der Waals surface area contributed by atoms with Crippen LogP contribution in [0.4, 0.5) is 0 Å². The summed E-state index contributed by atoms with van der Waals surface area (Å²) < 4.78 is 12.6. The third-order valence-electron chi connectivity index (χ3n) is 6.96. The molecule has 0 radical (unpaired) electrons. The number of quaternary nitrogens is 1. The van der Waals surface area contributed by atoms with E-state index in [1.54, 1.807) is 0 Å². The van der Waals surface area contributed by atoms with E-state index in [0.29, 0.717) is 11.0 Å². The smallest absolute Gasteiger partial charge is 0.361 e. The molecule has 37 heavy (non-hydrogen) atoms. The number of unbranched alkanes of at least 4 members (excludes halogenated alkanes) is 9. The van der Waals surface area contributed by atoms with Gasteiger partial charge in [0.15, 0.2) is 6.54 Å². The van der Waals surface area contributed by atoms with Crippen molar-refractivity contribution in [1.29, 1.82) is 0 Å². The molecule has 0 fully saturated rings. The van der Waals surface area contributed by atoms with E-state index in [1.807, 2.05) is 24.3 Å². The number of carbonyl (C=O) groups is 1. The Bertz CT molecular complexity index is 865. The maximum absolute atomic E-state index is 12.6. The summed E-state index contributed by atoms with van der Waals surface area (Å²) in [5.41, 5.74) is 2.47. The Morgan fingerprint density at radius 2 is 1.38 bits per heavy atom. The second-order valence-electron chi connectivity index (χ2n) is 11.1. The summed E-state index contributed by atoms with van der Waals surface area (Å²) in [6, 6.07) is 18.6. The summed E-state index contributed by atoms with van der Waals surface area (Å²) >= 11 is 0. The third-order valence-corrected chi connectivity index (χ3v) is 6.96. The van der Waals surface area contributed by atoms with Crippen LogP contribution in [0.2, 0.25) is 0 Å². The van der Waals surface area contributed by atoms with Gasteiger partial charge in [-0.15, -0.1) is 0 Å². The zero-order valence-corrected chi connectivity index (χ0v) is 24.1. The molecule has 206 valence electrons. The lowest BCUT2D eigenvalue weighted by Crippen LogP contribution is -2.44. The molecule has 0 amide bonds. The van der Waals surface area contributed by atoms with Gasteiger partial charge < -0.3 is 14.0 Å². The van der Waals surface area contributed by atoms with Crippen molar-refractivity contribution in [2.75, 3.05) is 27.2 Å². The van der Waals surface area contributed by atoms with Gasteiger partial charge in [0.2, 0.25) is 0 Å². The molecule has 2 rings (SSSR count). The number of rotatable bonds is 20. The number of nitrogens with zero attached hydrogens (tertiary/aromatic N) is 1. The maximum Gasteiger partial charge on any atom is 0.361 e. The fourth-order valence-corrected chi connectivity index (χ4v) is 4.76. The van der Waals surface area contributed by atoms with E-state index in [1.165, 1.54) is 75.3 Å². The van der Waals surface area contributed by atoms with E-state index in [4.69, 9.17) is 9.47 Å². The van der Waals surface area contributed by atoms with E-state index in [2.05, 4.69) is 58.3 Å². The van der Waals surface area contributed by atoms with Crippen molar-refractivity contribution >= 4 is 5.97 Å². The molecule has 0 spiro atoms. The first kappa shape index (κ1) is 30.9. The first-order valence-electron chi connectivity index (χ1n) is 14.7. The number of benzene rings is 2. The molecule has 1 unspecified atom stereocenters. The predicted octanol–water partition coefficient (Wildman–Crippen LogP) is 8.13. The standard InChI is InChI=1S/C33H52NO3/c1-5-7-8-9-10-11-12-13-14-18-23-30-24-19-20-25-32(30)37-31(6-2)28-36-33(35)27-34(3,4)26-29-21-16-15-17-22-29/h15-17,19-22,24-25,31H,5-14,18,23,26-28H2,1-4H3/q+1. The van der Waals surface area contributed by atoms with Crippen molar-refractivity contribution in [3.63, 3.8) is 0 Å². The number of aryl methyl sites for hydroxylation is 1. The van der Waals surface area contributed by atoms with Crippen LogP contribution in [0.1, 0.15) is 95.6 Å². The van der Waals surface area contributed by atoms with Gasteiger partial charge in [0.25, 0.3) is 0 Å². The molecule has 2 aromatic carbocycles. The van der Waals surface area contributed by atoms with Crippen molar-refractivity contribution in [3.05, 3.63) is 65.7 Å². The Hall–Kier alpha value is -2.33. The van der Waals surface area contributed by atoms with E-state index < -0.39 is 0 Å². The average Bonchev–Trinajstić information content (AvgIpc) is 2.88. The lowest BCUT2D eigenvalue weighted by atomic mass is 10.0. The van der Waals surface area contributed by atoms with Crippen LogP contribution in [0.15, 0.2) is 54.6 Å². The summed E-state index contributed by atoms with van der Waals surface area (Å²) in [6.07, 6.45) is 15.1. The third kappa shape index (κ3) is 13.7. The SMILES string of the molecule is CCCCCCCCCCCCc1ccccc1OC(CC)COC(=O)C[N+](C)(C)Cc1ccccc1. The first-order valence-corrected chi connectivity index (χ1v) is 14.7. The number of para-hydroxylation sites is 1. The van der Waals surface area contributed by atoms with E-state index >= 15 is 0 Å². The highest BCUT2D eigenvalue weighted by molar-refractivity contribution is 5.70. The highest BCUT2D eigenvalue weighted by atomic mass is 16.6. The number of esters is 1. The van der Waals surface area contributed by atoms with Gasteiger partial charge in [-0.25, -0.2) is 4.79 Å². The monoisotopic (exact) mass is 510 g/mol. The summed E-state index contributed by atoms with van der Waals surface area (Å²) in [5.74, 6) is 0.753. The van der Waals surface area contributed by atoms with Crippen LogP contribution in [0.5, 0.6) is 5.75 Å². The van der Waals surface area contributed by atoms with Crippen molar-refractivity contribution in [2.24, 2.45) is 0 Å². The van der Waals surface area contributed by atoms with Gasteiger partial charge in [-0.3, -0.25) is 0 Å². The van der Waals surface area contributed by atoms with Crippen LogP contribution in [-0.4, -0.2) is 43.8 Å². The number of likely N-dealkylation sites (N-methyl/N-ethyl adjacent to an activating group) is 1. The Kier molecular flexibility index (Phi) is 15.0. The van der Waals surface area contributed by atoms with Gasteiger partial charge in [0.05, 0.1) is 14.1 Å². The first-order chi connectivity index (χ1) is 17.9. The van der Waals surface area contributed by atoms with Crippen LogP contribution in [0.3, 0.4) is 0 Å². The Morgan fingerprint density at radius 1 is 0.784 bits per heavy atom. The van der Waals surface area contributed by atoms with E-state index in [0.717, 1.165) is 25.1 Å². The topological polar surface area (TPSA) is 35.5 Å². The molecule has 0 aliphatic heterocycles. The second kappa shape index (κ2) is 18.0. The fourth-order valence-electron chi connectivity index (χ4n) is 4.76. The van der Waals surface area contributed by atoms with Crippen LogP contribution in [-0.2, 0) is 22.5 Å². The molecule has 0 aromatic heterocycles. The number of hydrogen-bond donors (Lipinski definition) is 0. The van der Waals surface area contributed by atoms with Gasteiger partial charge in [0.1, 0.15) is 25.0 Å². The maximum atomic E-state index is 12.6. The summed E-state index contributed by atoms with van der Waals surface area (Å²) in [5, 5.41) is 0. The molecular weight excluding hydrogens is 458 g/mol. The quantitative estimate of drug-likeness (QED) is 0.102. The number of ether oxygens (including phenoxy) is 2. The Labute approximate surface area is 227 Å². The van der Waals surface area contributed by atoms with Crippen LogP contribution >= 0.6 is 0 Å². The zero-order valence-electron chi connectivity index (χ0n) is 24.1. The minimum Gasteiger partial charge on any atom is -0.487 e. The molecule has 0 aliphatic rings. The predicted molar refractivity (Wildman–Crippen MR) is 155 cm³/mol. The van der Waals surface area contributed by atoms with E-state index in [-0.39, 0.29) is 18.7 Å². The minimum absolute atomic E-state index is 0.137. The Morgan fingerprint density at radius 3 is 2.03 bits per heavy atom. The fraction of sp³-hybridized carbons (Fsp3) is 0.606. The normalized spacial score (nSPS) is 12.3. The largest absolute Gasteiger partial charge is 0.487 e. The lowest BCUT2D eigenvalue weighted by Gasteiger charge is -2.29. The lowest BCUT2D eigenvalue weighted by molar-refractivity contribution is -0.896. The molecule has 4 heteroatoms. The van der Waals surface area contributed by atoms with Crippen LogP contribution in [0.25, 0.3) is 0 Å². The highest BCUT2D eigenvalue weighted by Crippen LogP contribution is 2.23. The zero-order chi connectivity index (χ0) is 26.8. The van der Waals surface area contributed by atoms with Gasteiger partial charge >= 0.3 is 5.97 Å². The van der Waals surface area contributed by atoms with Crippen molar-refractivity contribution in [1.82, 2.24) is 0 Å². The number of hydrogen-bond acceptors (Lipinski definition) is 3. The van der Waals surface area contributed by atoms with Crippen molar-refractivity contribution < 1.29 is 18.8 Å². The average molecular weight is 511 g/mol. The highest BCUT2D eigenvalue weighted by Gasteiger charge is 2.23. The van der Waals surface area contributed by atoms with Gasteiger partial charge in [-0.1, -0.05) is 120 Å². The van der Waals surface area contributed by atoms with Crippen molar-refractivity contribution in [2.45, 2.75) is 104 Å². The molecule has 4 nitrogen and oxygen atoms in total. The van der Waals surface area contributed by atoms with Crippen LogP contribution < -0.4 is 4.74 Å². The molecule has 0 heterocycles. The van der Waals surface area contributed by atoms with Gasteiger partial charge in [-0.2, -0.15) is 0 Å². The summed E-state index contributed by atoms with van der Waals surface area (Å²) in [7, 11) is 4.12. The van der Waals surface area contributed by atoms with Crippen LogP contribution in [0, 0.1) is 0 Å². The molecule has 0 N–H and O–H groups in total. The molecule has 1 atom stereocenters. The minimum atomic E-state index is -0.179. The van der Waals surface area contributed by atoms with Crippen molar-refractivity contribution in [3.8, 4) is 5.75 Å². The molecular formula is C33H52NO3+. The molecule has 0 aliphatic carbocycles. The molecule has 0 bridgehead atoms. The Balaban J connectivity index is 1.71. The molecule has 0 saturated carbocycles. The molecule has 2 aromatic rings. The van der Waals surface area contributed by atoms with E-state index in [9.17, 15) is 4.79 Å². The number of carbonyl (C=O) groups excluding carboxylic acids is 1. The van der Waals surface area contributed by atoms with Gasteiger partial charge in [-0.05, 0) is 30.9 Å². The second-order valence-corrected chi connectivity index (χ2v) is 11.1. The summed E-state index contributed by atoms with van der Waals surface area (Å²) in [6.45, 7) is 5.76. The summed E-state index contributed by atoms with van der Waals surface area (Å²) in [4.78, 5) is 12.6.